The smallest absolute Gasteiger partial charge is 0.277 e. The van der Waals surface area contributed by atoms with Crippen LogP contribution in [-0.2, 0) is 0 Å². The average Bonchev–Trinajstić information content (AvgIpc) is 2.17. The van der Waals surface area contributed by atoms with Crippen molar-refractivity contribution >= 4 is 28.1 Å². The topological polar surface area (TPSA) is 63.4 Å². The number of nitrogens with zero attached hydrogens (tertiary/aromatic N) is 1. The van der Waals surface area contributed by atoms with Crippen molar-refractivity contribution in [2.24, 2.45) is 0 Å². The number of non-ortho nitro benzene ring substituents is 1. The number of aromatic hydroxyl groups is 1. The normalized spacial score (nSPS) is 10.5. The van der Waals surface area contributed by atoms with Crippen LogP contribution >= 0.6 is 11.6 Å². The fourth-order valence-corrected chi connectivity index (χ4v) is 1.62. The molecule has 0 aliphatic carbocycles. The van der Waals surface area contributed by atoms with E-state index in [1.54, 1.807) is 12.1 Å². The highest BCUT2D eigenvalue weighted by atomic mass is 35.5. The Balaban J connectivity index is 2.90. The van der Waals surface area contributed by atoms with E-state index in [4.69, 9.17) is 11.6 Å². The van der Waals surface area contributed by atoms with Gasteiger partial charge in [0.05, 0.1) is 10.3 Å². The summed E-state index contributed by atoms with van der Waals surface area (Å²) in [5.74, 6) is 0.00673. The molecule has 4 nitrogen and oxygen atoms in total. The molecule has 0 bridgehead atoms. The molecular formula is C10H6ClNO3. The van der Waals surface area contributed by atoms with Crippen LogP contribution in [0.5, 0.6) is 5.75 Å². The molecule has 2 aromatic rings. The molecule has 0 amide bonds. The van der Waals surface area contributed by atoms with Crippen molar-refractivity contribution in [2.45, 2.75) is 0 Å². The first kappa shape index (κ1) is 9.73. The molecule has 0 fully saturated rings. The number of hydrogen-bond acceptors (Lipinski definition) is 3. The Morgan fingerprint density at radius 1 is 1.20 bits per heavy atom. The minimum absolute atomic E-state index is 0.00673. The number of halogens is 1. The predicted molar refractivity (Wildman–Crippen MR) is 57.3 cm³/mol. The monoisotopic (exact) mass is 223 g/mol. The third-order valence-electron chi connectivity index (χ3n) is 2.13. The van der Waals surface area contributed by atoms with Crippen molar-refractivity contribution in [2.75, 3.05) is 0 Å². The Morgan fingerprint density at radius 3 is 2.60 bits per heavy atom. The maximum absolute atomic E-state index is 10.7. The Bertz CT molecular complexity index is 554. The molecule has 0 saturated heterocycles. The van der Waals surface area contributed by atoms with Gasteiger partial charge in [0, 0.05) is 16.5 Å². The van der Waals surface area contributed by atoms with E-state index >= 15 is 0 Å². The molecule has 0 aliphatic rings. The Morgan fingerprint density at radius 2 is 1.93 bits per heavy atom. The van der Waals surface area contributed by atoms with E-state index in [1.165, 1.54) is 18.2 Å². The molecule has 5 heteroatoms. The minimum Gasteiger partial charge on any atom is -0.507 e. The van der Waals surface area contributed by atoms with Crippen molar-refractivity contribution in [3.05, 3.63) is 45.5 Å². The van der Waals surface area contributed by atoms with Crippen LogP contribution in [0.4, 0.5) is 5.69 Å². The summed E-state index contributed by atoms with van der Waals surface area (Å²) in [6.07, 6.45) is 0. The highest BCUT2D eigenvalue weighted by Crippen LogP contribution is 2.33. The third-order valence-corrected chi connectivity index (χ3v) is 2.36. The number of nitro groups is 1. The van der Waals surface area contributed by atoms with Gasteiger partial charge in [-0.3, -0.25) is 10.1 Å². The zero-order valence-corrected chi connectivity index (χ0v) is 8.23. The van der Waals surface area contributed by atoms with E-state index in [-0.39, 0.29) is 11.4 Å². The first-order valence-corrected chi connectivity index (χ1v) is 4.53. The lowest BCUT2D eigenvalue weighted by Crippen LogP contribution is -1.89. The Kier molecular flexibility index (Phi) is 2.21. The molecule has 0 atom stereocenters. The van der Waals surface area contributed by atoms with Gasteiger partial charge in [0.2, 0.25) is 0 Å². The van der Waals surface area contributed by atoms with Crippen LogP contribution in [0.2, 0.25) is 5.02 Å². The van der Waals surface area contributed by atoms with Gasteiger partial charge in [0.15, 0.2) is 0 Å². The number of fused-ring (bicyclic) bond motifs is 1. The summed E-state index contributed by atoms with van der Waals surface area (Å²) in [7, 11) is 0. The molecule has 0 aromatic heterocycles. The molecule has 2 rings (SSSR count). The van der Waals surface area contributed by atoms with Gasteiger partial charge >= 0.3 is 0 Å². The highest BCUT2D eigenvalue weighted by Gasteiger charge is 2.13. The summed E-state index contributed by atoms with van der Waals surface area (Å²) < 4.78 is 0. The van der Waals surface area contributed by atoms with Crippen LogP contribution in [0.3, 0.4) is 0 Å². The molecule has 0 aliphatic heterocycles. The van der Waals surface area contributed by atoms with E-state index in [1.807, 2.05) is 0 Å². The fourth-order valence-electron chi connectivity index (χ4n) is 1.45. The molecule has 0 saturated carbocycles. The van der Waals surface area contributed by atoms with Gasteiger partial charge < -0.3 is 5.11 Å². The van der Waals surface area contributed by atoms with Gasteiger partial charge in [0.1, 0.15) is 5.75 Å². The molecule has 76 valence electrons. The largest absolute Gasteiger partial charge is 0.507 e. The standard InChI is InChI=1S/C10H6ClNO3/c11-6-1-2-7-8(5-6)9(12(14)15)3-4-10(7)13/h1-5,13H. The van der Waals surface area contributed by atoms with Crippen molar-refractivity contribution in [1.82, 2.24) is 0 Å². The maximum atomic E-state index is 10.7. The van der Waals surface area contributed by atoms with E-state index in [9.17, 15) is 15.2 Å². The Hall–Kier alpha value is -1.81. The second-order valence-corrected chi connectivity index (χ2v) is 3.49. The second kappa shape index (κ2) is 3.40. The molecule has 0 spiro atoms. The summed E-state index contributed by atoms with van der Waals surface area (Å²) in [5, 5.41) is 21.4. The van der Waals surface area contributed by atoms with E-state index in [2.05, 4.69) is 0 Å². The van der Waals surface area contributed by atoms with Crippen LogP contribution in [0.15, 0.2) is 30.3 Å². The van der Waals surface area contributed by atoms with Crippen molar-refractivity contribution in [1.29, 1.82) is 0 Å². The molecule has 1 N–H and O–H groups in total. The van der Waals surface area contributed by atoms with E-state index in [0.29, 0.717) is 15.8 Å². The zero-order valence-electron chi connectivity index (χ0n) is 7.48. The molecule has 15 heavy (non-hydrogen) atoms. The molecular weight excluding hydrogens is 218 g/mol. The number of hydrogen-bond donors (Lipinski definition) is 1. The van der Waals surface area contributed by atoms with Gasteiger partial charge in [-0.1, -0.05) is 11.6 Å². The number of phenolic OH excluding ortho intramolecular Hbond substituents is 1. The van der Waals surface area contributed by atoms with Crippen LogP contribution in [-0.4, -0.2) is 10.0 Å². The fraction of sp³-hybridized carbons (Fsp3) is 0. The lowest BCUT2D eigenvalue weighted by Gasteiger charge is -2.02. The number of phenols is 1. The van der Waals surface area contributed by atoms with Crippen LogP contribution in [0.25, 0.3) is 10.8 Å². The first-order valence-electron chi connectivity index (χ1n) is 4.15. The lowest BCUT2D eigenvalue weighted by atomic mass is 10.1. The van der Waals surface area contributed by atoms with Gasteiger partial charge in [-0.05, 0) is 24.3 Å². The molecule has 0 unspecified atom stereocenters. The Labute approximate surface area is 89.9 Å². The number of rotatable bonds is 1. The van der Waals surface area contributed by atoms with Gasteiger partial charge in [0.25, 0.3) is 5.69 Å². The summed E-state index contributed by atoms with van der Waals surface area (Å²) in [6.45, 7) is 0. The minimum atomic E-state index is -0.502. The predicted octanol–water partition coefficient (Wildman–Crippen LogP) is 3.11. The van der Waals surface area contributed by atoms with Crippen molar-refractivity contribution in [3.8, 4) is 5.75 Å². The first-order chi connectivity index (χ1) is 7.09. The maximum Gasteiger partial charge on any atom is 0.277 e. The van der Waals surface area contributed by atoms with E-state index < -0.39 is 4.92 Å². The summed E-state index contributed by atoms with van der Waals surface area (Å²) in [6, 6.07) is 7.16. The lowest BCUT2D eigenvalue weighted by molar-refractivity contribution is -0.383. The zero-order chi connectivity index (χ0) is 11.0. The average molecular weight is 224 g/mol. The SMILES string of the molecule is O=[N+]([O-])c1ccc(O)c2ccc(Cl)cc12. The molecule has 0 heterocycles. The second-order valence-electron chi connectivity index (χ2n) is 3.05. The third kappa shape index (κ3) is 1.59. The van der Waals surface area contributed by atoms with Gasteiger partial charge in [-0.15, -0.1) is 0 Å². The van der Waals surface area contributed by atoms with Crippen LogP contribution < -0.4 is 0 Å². The van der Waals surface area contributed by atoms with Crippen LogP contribution in [0.1, 0.15) is 0 Å². The van der Waals surface area contributed by atoms with Gasteiger partial charge in [-0.2, -0.15) is 0 Å². The van der Waals surface area contributed by atoms with Gasteiger partial charge in [-0.25, -0.2) is 0 Å². The highest BCUT2D eigenvalue weighted by molar-refractivity contribution is 6.31. The molecule has 2 aromatic carbocycles. The summed E-state index contributed by atoms with van der Waals surface area (Å²) >= 11 is 5.74. The quantitative estimate of drug-likeness (QED) is 0.597. The summed E-state index contributed by atoms with van der Waals surface area (Å²) in [4.78, 5) is 10.2. The van der Waals surface area contributed by atoms with E-state index in [0.717, 1.165) is 0 Å². The van der Waals surface area contributed by atoms with Crippen LogP contribution in [0, 0.1) is 10.1 Å². The van der Waals surface area contributed by atoms with Crippen molar-refractivity contribution < 1.29 is 10.0 Å². The number of nitro benzene ring substituents is 1. The van der Waals surface area contributed by atoms with Crippen molar-refractivity contribution in [3.63, 3.8) is 0 Å². The molecule has 0 radical (unpaired) electrons. The summed E-state index contributed by atoms with van der Waals surface area (Å²) in [5.41, 5.74) is -0.0645. The number of benzene rings is 2.